The number of halogens is 1. The maximum absolute atomic E-state index is 13.5. The van der Waals surface area contributed by atoms with Crippen LogP contribution in [0.15, 0.2) is 35.2 Å². The van der Waals surface area contributed by atoms with Gasteiger partial charge >= 0.3 is 0 Å². The third kappa shape index (κ3) is 8.84. The Morgan fingerprint density at radius 1 is 1.00 bits per heavy atom. The van der Waals surface area contributed by atoms with Crippen LogP contribution in [-0.2, 0) is 19.6 Å². The molecule has 2 aromatic carbocycles. The molecule has 0 spiro atoms. The van der Waals surface area contributed by atoms with Crippen LogP contribution in [-0.4, -0.2) is 77.6 Å². The smallest absolute Gasteiger partial charge is 0.246 e. The summed E-state index contributed by atoms with van der Waals surface area (Å²) in [7, 11) is 2.17. The predicted octanol–water partition coefficient (Wildman–Crippen LogP) is 5.79. The van der Waals surface area contributed by atoms with Gasteiger partial charge in [-0.05, 0) is 138 Å². The number of benzene rings is 2. The van der Waals surface area contributed by atoms with Crippen molar-refractivity contribution in [1.82, 2.24) is 14.5 Å². The second-order valence-corrected chi connectivity index (χ2v) is 15.1. The molecular weight excluding hydrogens is 593 g/mol. The number of sulfonamides is 1. The molecule has 2 aromatic rings. The van der Waals surface area contributed by atoms with Gasteiger partial charge in [0.05, 0.1) is 12.0 Å². The molecule has 1 saturated carbocycles. The molecule has 8 nitrogen and oxygen atoms in total. The molecule has 1 atom stereocenters. The molecule has 250 valence electrons. The average Bonchev–Trinajstić information content (AvgIpc) is 3.01. The van der Waals surface area contributed by atoms with Crippen molar-refractivity contribution in [3.05, 3.63) is 58.4 Å². The fraction of sp³-hybridized carbons (Fsp3) is 0.629. The van der Waals surface area contributed by atoms with E-state index in [0.29, 0.717) is 60.2 Å². The predicted molar refractivity (Wildman–Crippen MR) is 175 cm³/mol. The minimum Gasteiger partial charge on any atom is -0.496 e. The number of nitrogens with zero attached hydrogens (tertiary/aromatic N) is 2. The molecule has 1 saturated heterocycles. The second-order valence-electron chi connectivity index (χ2n) is 13.2. The highest BCUT2D eigenvalue weighted by Crippen LogP contribution is 2.39. The Morgan fingerprint density at radius 3 is 2.24 bits per heavy atom. The Labute approximate surface area is 269 Å². The van der Waals surface area contributed by atoms with Gasteiger partial charge in [-0.2, -0.15) is 4.31 Å². The minimum atomic E-state index is -3.59. The summed E-state index contributed by atoms with van der Waals surface area (Å²) in [4.78, 5) is 15.1. The molecule has 2 aliphatic rings. The molecular formula is C35H52FN3O5S. The molecule has 0 bridgehead atoms. The Balaban J connectivity index is 1.13. The SMILES string of the molecule is COc1cc(C)c(S(=O)(=O)N2CCC(CCOCC(=O)NCC3CCC(C(c4ccc(F)cc4)N(C)C)CC3)CC2)c(C)c1C. The summed E-state index contributed by atoms with van der Waals surface area (Å²) in [6.07, 6.45) is 6.64. The first-order chi connectivity index (χ1) is 21.4. The van der Waals surface area contributed by atoms with Crippen molar-refractivity contribution in [2.75, 3.05) is 54.1 Å². The zero-order valence-electron chi connectivity index (χ0n) is 27.9. The standard InChI is InChI=1S/C35H52FN3O5S/c1-24-21-32(43-6)25(2)26(3)35(24)45(41,42)39-18-15-27(16-19-39)17-20-44-23-33(40)37-22-28-7-9-29(10-8-28)34(38(4)5)30-11-13-31(36)14-12-30/h11-14,21,27-29,34H,7-10,15-20,22-23H2,1-6H3,(H,37,40). The monoisotopic (exact) mass is 645 g/mol. The summed E-state index contributed by atoms with van der Waals surface area (Å²) in [5.41, 5.74) is 3.45. The van der Waals surface area contributed by atoms with Gasteiger partial charge in [-0.1, -0.05) is 12.1 Å². The summed E-state index contributed by atoms with van der Waals surface area (Å²) < 4.78 is 53.3. The lowest BCUT2D eigenvalue weighted by Gasteiger charge is -2.37. The zero-order chi connectivity index (χ0) is 32.7. The van der Waals surface area contributed by atoms with Gasteiger partial charge in [-0.25, -0.2) is 12.8 Å². The summed E-state index contributed by atoms with van der Waals surface area (Å²) in [5.74, 6) is 1.74. The van der Waals surface area contributed by atoms with E-state index in [0.717, 1.165) is 61.6 Å². The number of rotatable bonds is 13. The molecule has 1 heterocycles. The zero-order valence-corrected chi connectivity index (χ0v) is 28.7. The van der Waals surface area contributed by atoms with E-state index in [9.17, 15) is 17.6 Å². The van der Waals surface area contributed by atoms with Crippen molar-refractivity contribution < 1.29 is 27.1 Å². The number of carbonyl (C=O) groups excluding carboxylic acids is 1. The van der Waals surface area contributed by atoms with Crippen LogP contribution in [0.5, 0.6) is 5.75 Å². The number of carbonyl (C=O) groups is 1. The molecule has 4 rings (SSSR count). The van der Waals surface area contributed by atoms with Gasteiger partial charge in [0.15, 0.2) is 0 Å². The molecule has 1 aliphatic heterocycles. The van der Waals surface area contributed by atoms with Gasteiger partial charge in [0.25, 0.3) is 0 Å². The molecule has 1 N–H and O–H groups in total. The van der Waals surface area contributed by atoms with Crippen LogP contribution < -0.4 is 10.1 Å². The molecule has 2 fully saturated rings. The Bertz CT molecular complexity index is 1380. The highest BCUT2D eigenvalue weighted by Gasteiger charge is 2.33. The van der Waals surface area contributed by atoms with Crippen LogP contribution in [0.2, 0.25) is 0 Å². The van der Waals surface area contributed by atoms with Gasteiger partial charge in [0.2, 0.25) is 15.9 Å². The number of ether oxygens (including phenoxy) is 2. The average molecular weight is 646 g/mol. The first kappa shape index (κ1) is 35.3. The first-order valence-electron chi connectivity index (χ1n) is 16.3. The Hall–Kier alpha value is -2.53. The number of piperidine rings is 1. The maximum atomic E-state index is 13.5. The van der Waals surface area contributed by atoms with Crippen molar-refractivity contribution in [3.8, 4) is 5.75 Å². The number of hydrogen-bond acceptors (Lipinski definition) is 6. The van der Waals surface area contributed by atoms with E-state index in [2.05, 4.69) is 24.3 Å². The summed E-state index contributed by atoms with van der Waals surface area (Å²) in [5, 5.41) is 3.06. The lowest BCUT2D eigenvalue weighted by Crippen LogP contribution is -2.39. The van der Waals surface area contributed by atoms with E-state index in [1.165, 1.54) is 12.1 Å². The molecule has 0 radical (unpaired) electrons. The van der Waals surface area contributed by atoms with Crippen LogP contribution >= 0.6 is 0 Å². The molecule has 1 amide bonds. The van der Waals surface area contributed by atoms with Crippen molar-refractivity contribution in [2.24, 2.45) is 17.8 Å². The van der Waals surface area contributed by atoms with E-state index in [4.69, 9.17) is 9.47 Å². The van der Waals surface area contributed by atoms with Crippen LogP contribution in [0, 0.1) is 44.3 Å². The third-order valence-electron chi connectivity index (χ3n) is 9.97. The highest BCUT2D eigenvalue weighted by molar-refractivity contribution is 7.89. The van der Waals surface area contributed by atoms with E-state index >= 15 is 0 Å². The molecule has 45 heavy (non-hydrogen) atoms. The maximum Gasteiger partial charge on any atom is 0.246 e. The fourth-order valence-corrected chi connectivity index (χ4v) is 9.24. The topological polar surface area (TPSA) is 88.2 Å². The molecule has 1 aliphatic carbocycles. The van der Waals surface area contributed by atoms with Gasteiger partial charge in [0.1, 0.15) is 18.2 Å². The number of methoxy groups -OCH3 is 1. The summed E-state index contributed by atoms with van der Waals surface area (Å²) in [6.45, 7) is 7.73. The minimum absolute atomic E-state index is 0.0468. The number of hydrogen-bond donors (Lipinski definition) is 1. The van der Waals surface area contributed by atoms with E-state index < -0.39 is 10.0 Å². The number of amides is 1. The molecule has 10 heteroatoms. The largest absolute Gasteiger partial charge is 0.496 e. The van der Waals surface area contributed by atoms with Crippen molar-refractivity contribution in [3.63, 3.8) is 0 Å². The van der Waals surface area contributed by atoms with E-state index in [1.54, 1.807) is 17.5 Å². The van der Waals surface area contributed by atoms with E-state index in [-0.39, 0.29) is 24.4 Å². The quantitative estimate of drug-likeness (QED) is 0.278. The highest BCUT2D eigenvalue weighted by atomic mass is 32.2. The van der Waals surface area contributed by atoms with Gasteiger partial charge < -0.3 is 19.7 Å². The first-order valence-corrected chi connectivity index (χ1v) is 17.8. The number of nitrogens with one attached hydrogen (secondary N) is 1. The van der Waals surface area contributed by atoms with Crippen LogP contribution in [0.3, 0.4) is 0 Å². The normalized spacial score (nSPS) is 20.7. The van der Waals surface area contributed by atoms with Crippen molar-refractivity contribution >= 4 is 15.9 Å². The van der Waals surface area contributed by atoms with Crippen LogP contribution in [0.1, 0.15) is 73.2 Å². The third-order valence-corrected chi connectivity index (χ3v) is 12.2. The summed E-state index contributed by atoms with van der Waals surface area (Å²) >= 11 is 0. The van der Waals surface area contributed by atoms with Crippen molar-refractivity contribution in [1.29, 1.82) is 0 Å². The van der Waals surface area contributed by atoms with Gasteiger partial charge in [-0.3, -0.25) is 4.79 Å². The van der Waals surface area contributed by atoms with Crippen LogP contribution in [0.25, 0.3) is 0 Å². The Morgan fingerprint density at radius 2 is 1.64 bits per heavy atom. The second kappa shape index (κ2) is 15.8. The van der Waals surface area contributed by atoms with Gasteiger partial charge in [-0.15, -0.1) is 0 Å². The lowest BCUT2D eigenvalue weighted by molar-refractivity contribution is -0.126. The van der Waals surface area contributed by atoms with Crippen LogP contribution in [0.4, 0.5) is 4.39 Å². The molecule has 1 unspecified atom stereocenters. The Kier molecular flexibility index (Phi) is 12.4. The molecule has 0 aromatic heterocycles. The number of aryl methyl sites for hydroxylation is 1. The van der Waals surface area contributed by atoms with Crippen molar-refractivity contribution in [2.45, 2.75) is 76.7 Å². The lowest BCUT2D eigenvalue weighted by atomic mass is 9.76. The summed E-state index contributed by atoms with van der Waals surface area (Å²) in [6, 6.07) is 8.93. The van der Waals surface area contributed by atoms with E-state index in [1.807, 2.05) is 32.9 Å². The van der Waals surface area contributed by atoms with Gasteiger partial charge in [0, 0.05) is 32.3 Å². The fourth-order valence-electron chi connectivity index (χ4n) is 7.28.